The Morgan fingerprint density at radius 3 is 2.49 bits per heavy atom. The number of aliphatic imine (C=N–C) groups is 1. The maximum atomic E-state index is 14.9. The van der Waals surface area contributed by atoms with Gasteiger partial charge in [0.05, 0.1) is 34.4 Å². The van der Waals surface area contributed by atoms with Gasteiger partial charge in [-0.15, -0.1) is 11.3 Å². The summed E-state index contributed by atoms with van der Waals surface area (Å²) in [6.45, 7) is 2.99. The lowest BCUT2D eigenvalue weighted by atomic mass is 10.0. The van der Waals surface area contributed by atoms with Gasteiger partial charge in [0, 0.05) is 24.8 Å². The maximum Gasteiger partial charge on any atom is 0.415 e. The van der Waals surface area contributed by atoms with E-state index in [1.54, 1.807) is 38.3 Å². The van der Waals surface area contributed by atoms with Crippen molar-refractivity contribution >= 4 is 68.6 Å². The summed E-state index contributed by atoms with van der Waals surface area (Å²) in [6, 6.07) is 12.4. The largest absolute Gasteiger partial charge is 0.471 e. The topological polar surface area (TPSA) is 206 Å². The average molecular weight is 821 g/mol. The van der Waals surface area contributed by atoms with Gasteiger partial charge >= 0.3 is 12.1 Å². The minimum absolute atomic E-state index is 0.0264. The Labute approximate surface area is 343 Å². The van der Waals surface area contributed by atoms with E-state index in [4.69, 9.17) is 24.4 Å². The number of allylic oxidation sites excluding steroid dienone is 2. The Morgan fingerprint density at radius 1 is 1.00 bits per heavy atom. The summed E-state index contributed by atoms with van der Waals surface area (Å²) in [5, 5.41) is 17.1. The monoisotopic (exact) mass is 820 g/mol. The number of amides is 4. The Bertz CT molecular complexity index is 2380. The van der Waals surface area contributed by atoms with Gasteiger partial charge in [0.2, 0.25) is 17.5 Å². The van der Waals surface area contributed by atoms with Crippen LogP contribution >= 0.6 is 11.3 Å². The van der Waals surface area contributed by atoms with E-state index in [2.05, 4.69) is 15.6 Å². The van der Waals surface area contributed by atoms with Crippen LogP contribution < -0.4 is 15.4 Å². The van der Waals surface area contributed by atoms with Gasteiger partial charge in [0.15, 0.2) is 11.2 Å². The number of carbonyl (C=O) groups is 5. The molecule has 4 amide bonds. The minimum atomic E-state index is -1.81. The third-order valence-electron chi connectivity index (χ3n) is 11.2. The van der Waals surface area contributed by atoms with Crippen LogP contribution in [-0.2, 0) is 23.9 Å². The molecule has 306 valence electrons. The fourth-order valence-corrected chi connectivity index (χ4v) is 9.01. The molecule has 2 fully saturated rings. The molecule has 5 heterocycles. The quantitative estimate of drug-likeness (QED) is 0.167. The number of carbonyl (C=O) groups excluding carboxylic acids is 4. The Balaban J connectivity index is 1.19. The molecule has 59 heavy (non-hydrogen) atoms. The lowest BCUT2D eigenvalue weighted by Crippen LogP contribution is -2.61. The molecule has 16 nitrogen and oxygen atoms in total. The highest BCUT2D eigenvalue weighted by Gasteiger charge is 2.68. The van der Waals surface area contributed by atoms with Crippen LogP contribution in [0.25, 0.3) is 32.0 Å². The SMILES string of the molecule is CCOC(=O)C12CC1C=CCCCCCC(NC(=O)C1(C)N=CC=CN1)C(=O)N1CC(Oc3nc4ccccc4nc3-c3nc4ccccc4s3)CC1C(=O)N2C(=O)O. The van der Waals surface area contributed by atoms with Crippen LogP contribution in [0.5, 0.6) is 5.88 Å². The first-order valence-corrected chi connectivity index (χ1v) is 20.6. The fourth-order valence-electron chi connectivity index (χ4n) is 8.06. The number of esters is 1. The summed E-state index contributed by atoms with van der Waals surface area (Å²) < 4.78 is 12.9. The summed E-state index contributed by atoms with van der Waals surface area (Å²) in [5.74, 6) is -3.47. The average Bonchev–Trinajstić information content (AvgIpc) is 3.53. The van der Waals surface area contributed by atoms with E-state index in [1.807, 2.05) is 48.5 Å². The van der Waals surface area contributed by atoms with Crippen LogP contribution in [0.2, 0.25) is 0 Å². The number of benzene rings is 2. The van der Waals surface area contributed by atoms with Crippen molar-refractivity contribution in [3.63, 3.8) is 0 Å². The first-order chi connectivity index (χ1) is 28.5. The number of nitrogens with one attached hydrogen (secondary N) is 2. The minimum Gasteiger partial charge on any atom is -0.471 e. The van der Waals surface area contributed by atoms with Crippen LogP contribution in [0, 0.1) is 5.92 Å². The second-order valence-corrected chi connectivity index (χ2v) is 16.2. The number of ether oxygens (including phenoxy) is 2. The molecule has 1 saturated carbocycles. The summed E-state index contributed by atoms with van der Waals surface area (Å²) in [4.78, 5) is 91.1. The van der Waals surface area contributed by atoms with Crippen LogP contribution in [0.15, 0.2) is 78.0 Å². The van der Waals surface area contributed by atoms with E-state index in [0.29, 0.717) is 39.5 Å². The van der Waals surface area contributed by atoms with Crippen molar-refractivity contribution in [1.82, 2.24) is 35.4 Å². The maximum absolute atomic E-state index is 14.9. The molecule has 2 aromatic heterocycles. The smallest absolute Gasteiger partial charge is 0.415 e. The fraction of sp³-hybridized carbons (Fsp3) is 0.405. The van der Waals surface area contributed by atoms with E-state index in [1.165, 1.54) is 22.5 Å². The second-order valence-electron chi connectivity index (χ2n) is 15.2. The van der Waals surface area contributed by atoms with E-state index >= 15 is 0 Å². The third kappa shape index (κ3) is 7.61. The molecule has 0 bridgehead atoms. The van der Waals surface area contributed by atoms with Crippen molar-refractivity contribution in [1.29, 1.82) is 0 Å². The summed E-state index contributed by atoms with van der Waals surface area (Å²) in [7, 11) is 0. The molecular weight excluding hydrogens is 777 g/mol. The standard InChI is InChI=1S/C42H44N8O8S/c1-3-57-39(54)42-23-25(42)14-7-5-4-6-8-18-30(48-38(53)41(2)43-20-13-21-44-41)36(51)49-24-26(22-31(49)37(52)50(42)40(55)56)58-34-33(45-27-15-9-10-16-28(27)46-34)35-47-29-17-11-12-19-32(29)59-35/h7,9-17,19-21,25-26,30-31,43H,3-6,8,18,22-24H2,1-2H3,(H,48,53)(H,55,56). The van der Waals surface area contributed by atoms with Crippen molar-refractivity contribution in [2.45, 2.75) is 88.2 Å². The molecule has 1 saturated heterocycles. The Morgan fingerprint density at radius 2 is 1.76 bits per heavy atom. The molecule has 4 aliphatic rings. The predicted octanol–water partition coefficient (Wildman–Crippen LogP) is 4.99. The molecule has 6 unspecified atom stereocenters. The van der Waals surface area contributed by atoms with E-state index in [0.717, 1.165) is 23.1 Å². The number of rotatable bonds is 7. The van der Waals surface area contributed by atoms with Crippen molar-refractivity contribution in [2.75, 3.05) is 13.2 Å². The van der Waals surface area contributed by atoms with Gasteiger partial charge in [-0.25, -0.2) is 29.4 Å². The molecule has 17 heteroatoms. The van der Waals surface area contributed by atoms with Gasteiger partial charge in [-0.2, -0.15) is 0 Å². The summed E-state index contributed by atoms with van der Waals surface area (Å²) >= 11 is 1.41. The highest BCUT2D eigenvalue weighted by Crippen LogP contribution is 2.51. The number of thiazole rings is 1. The lowest BCUT2D eigenvalue weighted by Gasteiger charge is -2.34. The number of fused-ring (bicyclic) bond motifs is 4. The number of hydrogen-bond donors (Lipinski definition) is 3. The number of carboxylic acid groups (broad SMARTS) is 1. The molecule has 0 spiro atoms. The molecule has 2 aromatic carbocycles. The van der Waals surface area contributed by atoms with Crippen molar-refractivity contribution in [2.24, 2.45) is 10.9 Å². The third-order valence-corrected chi connectivity index (χ3v) is 12.3. The zero-order chi connectivity index (χ0) is 41.3. The first kappa shape index (κ1) is 39.6. The molecule has 1 aliphatic carbocycles. The molecule has 0 radical (unpaired) electrons. The lowest BCUT2D eigenvalue weighted by molar-refractivity contribution is -0.158. The normalized spacial score (nSPS) is 27.0. The molecule has 4 aromatic rings. The van der Waals surface area contributed by atoms with Gasteiger partial charge in [0.25, 0.3) is 11.8 Å². The highest BCUT2D eigenvalue weighted by molar-refractivity contribution is 7.21. The van der Waals surface area contributed by atoms with E-state index in [9.17, 15) is 29.1 Å². The van der Waals surface area contributed by atoms with Crippen LogP contribution in [0.3, 0.4) is 0 Å². The van der Waals surface area contributed by atoms with Gasteiger partial charge < -0.3 is 30.1 Å². The van der Waals surface area contributed by atoms with Crippen molar-refractivity contribution in [3.8, 4) is 16.6 Å². The highest BCUT2D eigenvalue weighted by atomic mass is 32.1. The Kier molecular flexibility index (Phi) is 10.9. The van der Waals surface area contributed by atoms with Gasteiger partial charge in [-0.3, -0.25) is 19.4 Å². The van der Waals surface area contributed by atoms with Crippen LogP contribution in [0.4, 0.5) is 4.79 Å². The number of hydrogen-bond acceptors (Lipinski definition) is 13. The predicted molar refractivity (Wildman–Crippen MR) is 218 cm³/mol. The summed E-state index contributed by atoms with van der Waals surface area (Å²) in [5.41, 5.74) is -0.942. The molecule has 8 rings (SSSR count). The van der Waals surface area contributed by atoms with Gasteiger partial charge in [-0.05, 0) is 69.9 Å². The van der Waals surface area contributed by atoms with Crippen LogP contribution in [0.1, 0.15) is 58.8 Å². The second kappa shape index (κ2) is 16.2. The van der Waals surface area contributed by atoms with Gasteiger partial charge in [-0.1, -0.05) is 49.3 Å². The van der Waals surface area contributed by atoms with E-state index < -0.39 is 65.1 Å². The molecule has 3 aliphatic heterocycles. The summed E-state index contributed by atoms with van der Waals surface area (Å²) in [6.07, 6.45) is 8.62. The molecule has 3 N–H and O–H groups in total. The van der Waals surface area contributed by atoms with E-state index in [-0.39, 0.29) is 38.3 Å². The zero-order valence-corrected chi connectivity index (χ0v) is 33.4. The molecule has 6 atom stereocenters. The zero-order valence-electron chi connectivity index (χ0n) is 32.6. The van der Waals surface area contributed by atoms with Crippen LogP contribution in [-0.4, -0.2) is 108 Å². The Hall–Kier alpha value is -6.23. The number of aromatic nitrogens is 3. The number of para-hydroxylation sites is 3. The number of nitrogens with zero attached hydrogens (tertiary/aromatic N) is 6. The number of imide groups is 1. The first-order valence-electron chi connectivity index (χ1n) is 19.8. The molecular formula is C42H44N8O8S. The van der Waals surface area contributed by atoms with Crippen molar-refractivity contribution in [3.05, 3.63) is 73.0 Å². The van der Waals surface area contributed by atoms with Crippen molar-refractivity contribution < 1.29 is 38.6 Å². The van der Waals surface area contributed by atoms with Gasteiger partial charge in [0.1, 0.15) is 23.2 Å².